The van der Waals surface area contributed by atoms with E-state index < -0.39 is 0 Å². The minimum atomic E-state index is 0.214. The van der Waals surface area contributed by atoms with Crippen molar-refractivity contribution < 1.29 is 4.74 Å². The van der Waals surface area contributed by atoms with Gasteiger partial charge in [0.25, 0.3) is 0 Å². The Morgan fingerprint density at radius 1 is 1.21 bits per heavy atom. The molecule has 0 bridgehead atoms. The summed E-state index contributed by atoms with van der Waals surface area (Å²) in [5.41, 5.74) is 1.39. The van der Waals surface area contributed by atoms with E-state index in [4.69, 9.17) is 4.74 Å². The molecule has 1 aromatic rings. The molecule has 0 heterocycles. The van der Waals surface area contributed by atoms with Crippen molar-refractivity contribution in [2.45, 2.75) is 46.5 Å². The van der Waals surface area contributed by atoms with Crippen LogP contribution in [-0.2, 0) is 0 Å². The van der Waals surface area contributed by atoms with Crippen molar-refractivity contribution in [2.75, 3.05) is 12.4 Å². The highest BCUT2D eigenvalue weighted by Crippen LogP contribution is 2.33. The van der Waals surface area contributed by atoms with Gasteiger partial charge < -0.3 is 4.74 Å². The van der Waals surface area contributed by atoms with Crippen molar-refractivity contribution in [3.05, 3.63) is 28.2 Å². The van der Waals surface area contributed by atoms with Gasteiger partial charge in [-0.05, 0) is 49.3 Å². The molecule has 3 heteroatoms. The van der Waals surface area contributed by atoms with Crippen molar-refractivity contribution in [2.24, 2.45) is 5.41 Å². The Balaban J connectivity index is 2.74. The zero-order valence-corrected chi connectivity index (χ0v) is 14.7. The third-order valence-electron chi connectivity index (χ3n) is 3.57. The Labute approximate surface area is 131 Å². The zero-order valence-electron chi connectivity index (χ0n) is 12.2. The molecule has 0 aliphatic heterocycles. The van der Waals surface area contributed by atoms with Gasteiger partial charge in [0.2, 0.25) is 0 Å². The molecule has 0 atom stereocenters. The van der Waals surface area contributed by atoms with Gasteiger partial charge in [-0.3, -0.25) is 0 Å². The van der Waals surface area contributed by atoms with Crippen LogP contribution in [0, 0.1) is 12.3 Å². The SMILES string of the molecule is CCCC(CS)(CCC)COc1ccc(Br)cc1C. The van der Waals surface area contributed by atoms with Crippen LogP contribution in [0.3, 0.4) is 0 Å². The summed E-state index contributed by atoms with van der Waals surface area (Å²) in [5.74, 6) is 1.88. The van der Waals surface area contributed by atoms with Crippen LogP contribution < -0.4 is 4.74 Å². The molecular weight excluding hydrogens is 320 g/mol. The average molecular weight is 345 g/mol. The molecule has 108 valence electrons. The molecule has 0 spiro atoms. The molecule has 0 amide bonds. The van der Waals surface area contributed by atoms with E-state index in [1.807, 2.05) is 12.1 Å². The number of thiol groups is 1. The lowest BCUT2D eigenvalue weighted by molar-refractivity contribution is 0.143. The number of aryl methyl sites for hydroxylation is 1. The van der Waals surface area contributed by atoms with E-state index in [1.54, 1.807) is 0 Å². The van der Waals surface area contributed by atoms with Crippen molar-refractivity contribution in [1.29, 1.82) is 0 Å². The van der Waals surface area contributed by atoms with Crippen molar-refractivity contribution in [3.63, 3.8) is 0 Å². The third kappa shape index (κ3) is 5.03. The lowest BCUT2D eigenvalue weighted by atomic mass is 9.82. The van der Waals surface area contributed by atoms with Gasteiger partial charge in [-0.25, -0.2) is 0 Å². The van der Waals surface area contributed by atoms with Crippen LogP contribution in [0.15, 0.2) is 22.7 Å². The second-order valence-corrected chi connectivity index (χ2v) is 6.59. The van der Waals surface area contributed by atoms with E-state index in [1.165, 1.54) is 31.2 Å². The second-order valence-electron chi connectivity index (χ2n) is 5.36. The molecule has 0 radical (unpaired) electrons. The van der Waals surface area contributed by atoms with Gasteiger partial charge in [-0.15, -0.1) is 0 Å². The maximum absolute atomic E-state index is 6.08. The minimum absolute atomic E-state index is 0.214. The Hall–Kier alpha value is -0.150. The maximum Gasteiger partial charge on any atom is 0.122 e. The summed E-state index contributed by atoms with van der Waals surface area (Å²) in [6, 6.07) is 6.17. The van der Waals surface area contributed by atoms with E-state index in [0.29, 0.717) is 0 Å². The highest BCUT2D eigenvalue weighted by molar-refractivity contribution is 9.10. The van der Waals surface area contributed by atoms with Crippen LogP contribution >= 0.6 is 28.6 Å². The number of rotatable bonds is 8. The van der Waals surface area contributed by atoms with Crippen LogP contribution in [0.5, 0.6) is 5.75 Å². The number of benzene rings is 1. The molecule has 0 aromatic heterocycles. The minimum Gasteiger partial charge on any atom is -0.493 e. The Morgan fingerprint density at radius 2 is 1.84 bits per heavy atom. The molecule has 0 saturated carbocycles. The first-order valence-corrected chi connectivity index (χ1v) is 8.49. The van der Waals surface area contributed by atoms with Gasteiger partial charge in [0.1, 0.15) is 5.75 Å². The van der Waals surface area contributed by atoms with Crippen LogP contribution in [-0.4, -0.2) is 12.4 Å². The van der Waals surface area contributed by atoms with Crippen molar-refractivity contribution >= 4 is 28.6 Å². The maximum atomic E-state index is 6.08. The van der Waals surface area contributed by atoms with Crippen molar-refractivity contribution in [1.82, 2.24) is 0 Å². The van der Waals surface area contributed by atoms with Crippen LogP contribution in [0.4, 0.5) is 0 Å². The predicted octanol–water partition coefficient (Wildman–Crippen LogP) is 5.65. The topological polar surface area (TPSA) is 9.23 Å². The van der Waals surface area contributed by atoms with Gasteiger partial charge in [-0.1, -0.05) is 42.6 Å². The lowest BCUT2D eigenvalue weighted by Crippen LogP contribution is -2.30. The van der Waals surface area contributed by atoms with Crippen LogP contribution in [0.25, 0.3) is 0 Å². The normalized spacial score (nSPS) is 11.6. The number of hydrogen-bond acceptors (Lipinski definition) is 2. The molecule has 0 aliphatic rings. The zero-order chi connectivity index (χ0) is 14.3. The fraction of sp³-hybridized carbons (Fsp3) is 0.625. The summed E-state index contributed by atoms with van der Waals surface area (Å²) in [6.07, 6.45) is 4.73. The molecule has 1 rings (SSSR count). The third-order valence-corrected chi connectivity index (χ3v) is 4.73. The summed E-state index contributed by atoms with van der Waals surface area (Å²) in [6.45, 7) is 7.32. The molecule has 19 heavy (non-hydrogen) atoms. The quantitative estimate of drug-likeness (QED) is 0.599. The molecule has 0 fully saturated rings. The summed E-state index contributed by atoms with van der Waals surface area (Å²) >= 11 is 8.05. The summed E-state index contributed by atoms with van der Waals surface area (Å²) in [5, 5.41) is 0. The summed E-state index contributed by atoms with van der Waals surface area (Å²) in [4.78, 5) is 0. The fourth-order valence-corrected chi connectivity index (χ4v) is 3.42. The Bertz CT molecular complexity index is 386. The first-order valence-electron chi connectivity index (χ1n) is 7.06. The van der Waals surface area contributed by atoms with E-state index in [9.17, 15) is 0 Å². The van der Waals surface area contributed by atoms with Gasteiger partial charge in [0.15, 0.2) is 0 Å². The Kier molecular flexibility index (Phi) is 7.30. The number of ether oxygens (including phenoxy) is 1. The fourth-order valence-electron chi connectivity index (χ4n) is 2.54. The predicted molar refractivity (Wildman–Crippen MR) is 90.5 cm³/mol. The Morgan fingerprint density at radius 3 is 2.32 bits per heavy atom. The van der Waals surface area contributed by atoms with E-state index >= 15 is 0 Å². The van der Waals surface area contributed by atoms with Gasteiger partial charge >= 0.3 is 0 Å². The monoisotopic (exact) mass is 344 g/mol. The standard InChI is InChI=1S/C16H25BrOS/c1-4-8-16(12-19,9-5-2)11-18-15-7-6-14(17)10-13(15)3/h6-7,10,19H,4-5,8-9,11-12H2,1-3H3. The summed E-state index contributed by atoms with van der Waals surface area (Å²) < 4.78 is 7.18. The van der Waals surface area contributed by atoms with E-state index in [-0.39, 0.29) is 5.41 Å². The lowest BCUT2D eigenvalue weighted by Gasteiger charge is -2.32. The number of hydrogen-bond donors (Lipinski definition) is 1. The molecule has 1 nitrogen and oxygen atoms in total. The van der Waals surface area contributed by atoms with E-state index in [0.717, 1.165) is 22.6 Å². The highest BCUT2D eigenvalue weighted by atomic mass is 79.9. The second kappa shape index (κ2) is 8.21. The molecule has 0 N–H and O–H groups in total. The van der Waals surface area contributed by atoms with Gasteiger partial charge in [0.05, 0.1) is 6.61 Å². The first-order chi connectivity index (χ1) is 9.06. The molecule has 0 unspecified atom stereocenters. The summed E-state index contributed by atoms with van der Waals surface area (Å²) in [7, 11) is 0. The van der Waals surface area contributed by atoms with E-state index in [2.05, 4.69) is 55.4 Å². The van der Waals surface area contributed by atoms with Gasteiger partial charge in [0, 0.05) is 9.89 Å². The van der Waals surface area contributed by atoms with Crippen LogP contribution in [0.1, 0.15) is 45.1 Å². The smallest absolute Gasteiger partial charge is 0.122 e. The molecule has 0 saturated heterocycles. The highest BCUT2D eigenvalue weighted by Gasteiger charge is 2.28. The first kappa shape index (κ1) is 16.9. The molecule has 0 aliphatic carbocycles. The molecule has 1 aromatic carbocycles. The largest absolute Gasteiger partial charge is 0.493 e. The van der Waals surface area contributed by atoms with Gasteiger partial charge in [-0.2, -0.15) is 12.6 Å². The van der Waals surface area contributed by atoms with Crippen LogP contribution in [0.2, 0.25) is 0 Å². The van der Waals surface area contributed by atoms with Crippen molar-refractivity contribution in [3.8, 4) is 5.75 Å². The number of halogens is 1. The average Bonchev–Trinajstić information content (AvgIpc) is 2.38. The molecular formula is C16H25BrOS.